The summed E-state index contributed by atoms with van der Waals surface area (Å²) in [7, 11) is 0. The van der Waals surface area contributed by atoms with Crippen LogP contribution < -0.4 is 0 Å². The standard InChI is InChI=1S/C11H7N3OS2/c15-8(10-6-12-14-17-10)5-11-13-7-3-1-2-4-9(7)16-11/h1-4,6H,5H2. The molecule has 0 unspecified atom stereocenters. The maximum Gasteiger partial charge on any atom is 0.182 e. The quantitative estimate of drug-likeness (QED) is 0.680. The lowest BCUT2D eigenvalue weighted by Gasteiger charge is -1.90. The molecular weight excluding hydrogens is 254 g/mol. The van der Waals surface area contributed by atoms with E-state index in [1.54, 1.807) is 11.3 Å². The molecule has 0 aliphatic carbocycles. The number of thiazole rings is 1. The predicted octanol–water partition coefficient (Wildman–Crippen LogP) is 2.57. The Balaban J connectivity index is 1.88. The highest BCUT2D eigenvalue weighted by Crippen LogP contribution is 2.22. The fourth-order valence-corrected chi connectivity index (χ4v) is 2.93. The van der Waals surface area contributed by atoms with Crippen LogP contribution in [-0.4, -0.2) is 20.4 Å². The van der Waals surface area contributed by atoms with E-state index in [1.807, 2.05) is 24.3 Å². The molecule has 0 bridgehead atoms. The summed E-state index contributed by atoms with van der Waals surface area (Å²) in [5.74, 6) is 0.0269. The molecule has 3 aromatic rings. The van der Waals surface area contributed by atoms with Gasteiger partial charge in [0.25, 0.3) is 0 Å². The van der Waals surface area contributed by atoms with Gasteiger partial charge in [-0.3, -0.25) is 4.79 Å². The highest BCUT2D eigenvalue weighted by molar-refractivity contribution is 7.18. The van der Waals surface area contributed by atoms with E-state index in [4.69, 9.17) is 0 Å². The van der Waals surface area contributed by atoms with E-state index in [1.165, 1.54) is 6.20 Å². The zero-order valence-corrected chi connectivity index (χ0v) is 10.3. The van der Waals surface area contributed by atoms with Crippen molar-refractivity contribution >= 4 is 38.9 Å². The number of fused-ring (bicyclic) bond motifs is 1. The summed E-state index contributed by atoms with van der Waals surface area (Å²) in [6, 6.07) is 7.88. The minimum Gasteiger partial charge on any atom is -0.293 e. The van der Waals surface area contributed by atoms with Gasteiger partial charge >= 0.3 is 0 Å². The predicted molar refractivity (Wildman–Crippen MR) is 67.6 cm³/mol. The number of aromatic nitrogens is 3. The normalized spacial score (nSPS) is 10.8. The summed E-state index contributed by atoms with van der Waals surface area (Å²) in [6.07, 6.45) is 1.82. The fraction of sp³-hybridized carbons (Fsp3) is 0.0909. The van der Waals surface area contributed by atoms with E-state index in [-0.39, 0.29) is 5.78 Å². The molecule has 0 atom stereocenters. The maximum atomic E-state index is 11.8. The van der Waals surface area contributed by atoms with E-state index in [0.29, 0.717) is 11.3 Å². The molecule has 0 saturated heterocycles. The molecule has 84 valence electrons. The monoisotopic (exact) mass is 261 g/mol. The minimum absolute atomic E-state index is 0.0269. The number of para-hydroxylation sites is 1. The molecule has 2 heterocycles. The summed E-state index contributed by atoms with van der Waals surface area (Å²) in [5, 5.41) is 4.50. The second-order valence-corrected chi connectivity index (χ2v) is 5.36. The molecule has 0 aliphatic rings. The second-order valence-electron chi connectivity index (χ2n) is 3.46. The Kier molecular flexibility index (Phi) is 2.66. The number of carbonyl (C=O) groups is 1. The Hall–Kier alpha value is -1.66. The van der Waals surface area contributed by atoms with Crippen LogP contribution in [0.2, 0.25) is 0 Å². The molecule has 1 aromatic carbocycles. The average molecular weight is 261 g/mol. The summed E-state index contributed by atoms with van der Waals surface area (Å²) in [5.41, 5.74) is 0.947. The van der Waals surface area contributed by atoms with Gasteiger partial charge < -0.3 is 0 Å². The van der Waals surface area contributed by atoms with Crippen molar-refractivity contribution in [3.05, 3.63) is 40.3 Å². The second kappa shape index (κ2) is 4.31. The molecular formula is C11H7N3OS2. The summed E-state index contributed by atoms with van der Waals surface area (Å²) >= 11 is 2.68. The van der Waals surface area contributed by atoms with Crippen molar-refractivity contribution in [1.82, 2.24) is 14.6 Å². The number of rotatable bonds is 3. The number of benzene rings is 1. The van der Waals surface area contributed by atoms with Crippen molar-refractivity contribution in [3.8, 4) is 0 Å². The maximum absolute atomic E-state index is 11.8. The third-order valence-corrected chi connectivity index (χ3v) is 4.03. The van der Waals surface area contributed by atoms with Gasteiger partial charge in [0.1, 0.15) is 9.88 Å². The number of hydrogen-bond donors (Lipinski definition) is 0. The number of Topliss-reactive ketones (excluding diaryl/α,β-unsaturated/α-hetero) is 1. The van der Waals surface area contributed by atoms with Crippen molar-refractivity contribution in [3.63, 3.8) is 0 Å². The Morgan fingerprint density at radius 3 is 2.94 bits per heavy atom. The Morgan fingerprint density at radius 1 is 1.29 bits per heavy atom. The van der Waals surface area contributed by atoms with Gasteiger partial charge in [0.05, 0.1) is 22.8 Å². The van der Waals surface area contributed by atoms with Crippen LogP contribution in [0.3, 0.4) is 0 Å². The molecule has 0 aliphatic heterocycles. The lowest BCUT2D eigenvalue weighted by molar-refractivity contribution is 0.0996. The number of hydrogen-bond acceptors (Lipinski definition) is 6. The van der Waals surface area contributed by atoms with Gasteiger partial charge in [0.2, 0.25) is 0 Å². The van der Waals surface area contributed by atoms with Crippen LogP contribution in [-0.2, 0) is 6.42 Å². The summed E-state index contributed by atoms with van der Waals surface area (Å²) in [6.45, 7) is 0. The molecule has 4 nitrogen and oxygen atoms in total. The van der Waals surface area contributed by atoms with E-state index in [0.717, 1.165) is 26.8 Å². The molecule has 3 rings (SSSR count). The third kappa shape index (κ3) is 2.09. The van der Waals surface area contributed by atoms with Crippen molar-refractivity contribution in [2.24, 2.45) is 0 Å². The smallest absolute Gasteiger partial charge is 0.182 e. The number of nitrogens with zero attached hydrogens (tertiary/aromatic N) is 3. The van der Waals surface area contributed by atoms with Gasteiger partial charge in [0.15, 0.2) is 5.78 Å². The van der Waals surface area contributed by atoms with Gasteiger partial charge in [0, 0.05) is 0 Å². The van der Waals surface area contributed by atoms with Crippen molar-refractivity contribution in [2.45, 2.75) is 6.42 Å². The zero-order chi connectivity index (χ0) is 11.7. The van der Waals surface area contributed by atoms with Gasteiger partial charge in [-0.1, -0.05) is 16.6 Å². The fourth-order valence-electron chi connectivity index (χ4n) is 1.51. The van der Waals surface area contributed by atoms with Crippen LogP contribution in [0.25, 0.3) is 10.2 Å². The van der Waals surface area contributed by atoms with Crippen LogP contribution >= 0.6 is 22.9 Å². The first-order valence-corrected chi connectivity index (χ1v) is 6.57. The number of ketones is 1. The van der Waals surface area contributed by atoms with E-state index < -0.39 is 0 Å². The van der Waals surface area contributed by atoms with E-state index in [2.05, 4.69) is 14.6 Å². The van der Waals surface area contributed by atoms with Crippen molar-refractivity contribution < 1.29 is 4.79 Å². The zero-order valence-electron chi connectivity index (χ0n) is 8.66. The van der Waals surface area contributed by atoms with Crippen LogP contribution in [0.15, 0.2) is 30.5 Å². The minimum atomic E-state index is 0.0269. The average Bonchev–Trinajstić information content (AvgIpc) is 2.97. The van der Waals surface area contributed by atoms with Gasteiger partial charge in [-0.15, -0.1) is 16.4 Å². The van der Waals surface area contributed by atoms with Crippen LogP contribution in [0.4, 0.5) is 0 Å². The first-order valence-electron chi connectivity index (χ1n) is 4.98. The summed E-state index contributed by atoms with van der Waals surface area (Å²) < 4.78 is 4.79. The van der Waals surface area contributed by atoms with E-state index >= 15 is 0 Å². The highest BCUT2D eigenvalue weighted by atomic mass is 32.1. The number of carbonyl (C=O) groups excluding carboxylic acids is 1. The van der Waals surface area contributed by atoms with Crippen LogP contribution in [0.1, 0.15) is 14.7 Å². The molecule has 0 radical (unpaired) electrons. The van der Waals surface area contributed by atoms with Crippen LogP contribution in [0, 0.1) is 0 Å². The van der Waals surface area contributed by atoms with Gasteiger partial charge in [-0.2, -0.15) is 0 Å². The first kappa shape index (κ1) is 10.5. The molecule has 17 heavy (non-hydrogen) atoms. The molecule has 0 fully saturated rings. The first-order chi connectivity index (χ1) is 8.33. The lowest BCUT2D eigenvalue weighted by atomic mass is 10.2. The Morgan fingerprint density at radius 2 is 2.18 bits per heavy atom. The van der Waals surface area contributed by atoms with E-state index in [9.17, 15) is 4.79 Å². The molecule has 2 aromatic heterocycles. The topological polar surface area (TPSA) is 55.7 Å². The lowest BCUT2D eigenvalue weighted by Crippen LogP contribution is -2.00. The molecule has 0 N–H and O–H groups in total. The molecule has 0 saturated carbocycles. The molecule has 6 heteroatoms. The Bertz CT molecular complexity index is 627. The van der Waals surface area contributed by atoms with Gasteiger partial charge in [-0.05, 0) is 23.7 Å². The highest BCUT2D eigenvalue weighted by Gasteiger charge is 2.12. The third-order valence-electron chi connectivity index (χ3n) is 2.29. The SMILES string of the molecule is O=C(Cc1nc2ccccc2s1)c1cnns1. The van der Waals surface area contributed by atoms with Crippen molar-refractivity contribution in [1.29, 1.82) is 0 Å². The largest absolute Gasteiger partial charge is 0.293 e. The van der Waals surface area contributed by atoms with Crippen molar-refractivity contribution in [2.75, 3.05) is 0 Å². The summed E-state index contributed by atoms with van der Waals surface area (Å²) in [4.78, 5) is 16.9. The molecule has 0 amide bonds. The van der Waals surface area contributed by atoms with Gasteiger partial charge in [-0.25, -0.2) is 4.98 Å². The Labute approximate surface area is 105 Å². The van der Waals surface area contributed by atoms with Crippen LogP contribution in [0.5, 0.6) is 0 Å². The molecule has 0 spiro atoms.